The van der Waals surface area contributed by atoms with Crippen molar-refractivity contribution < 1.29 is 4.79 Å². The first-order valence-electron chi connectivity index (χ1n) is 6.53. The van der Waals surface area contributed by atoms with Gasteiger partial charge in [-0.05, 0) is 37.5 Å². The molecule has 1 nitrogen and oxygen atoms in total. The third kappa shape index (κ3) is 3.06. The number of Topliss-reactive ketones (excluding diaryl/α,β-unsaturated/α-hetero) is 1. The summed E-state index contributed by atoms with van der Waals surface area (Å²) < 4.78 is 0. The smallest absolute Gasteiger partial charge is 0.138 e. The van der Waals surface area contributed by atoms with Crippen molar-refractivity contribution in [1.29, 1.82) is 0 Å². The summed E-state index contributed by atoms with van der Waals surface area (Å²) in [5.41, 5.74) is 0.0180. The highest BCUT2D eigenvalue weighted by atomic mass is 16.1. The highest BCUT2D eigenvalue weighted by Gasteiger charge is 2.40. The van der Waals surface area contributed by atoms with Crippen molar-refractivity contribution in [1.82, 2.24) is 0 Å². The predicted octanol–water partition coefficient (Wildman–Crippen LogP) is 4.21. The van der Waals surface area contributed by atoms with Gasteiger partial charge >= 0.3 is 0 Å². The normalized spacial score (nSPS) is 31.1. The molecule has 1 fully saturated rings. The van der Waals surface area contributed by atoms with Gasteiger partial charge < -0.3 is 0 Å². The second-order valence-electron chi connectivity index (χ2n) is 5.83. The van der Waals surface area contributed by atoms with Crippen LogP contribution in [-0.2, 0) is 4.79 Å². The lowest BCUT2D eigenvalue weighted by Crippen LogP contribution is -2.25. The SMILES string of the molecule is CCCCC(=O)[C@]1(C)CC[C@H](C(C)C)C1. The Balaban J connectivity index is 2.50. The van der Waals surface area contributed by atoms with E-state index in [-0.39, 0.29) is 5.41 Å². The molecule has 88 valence electrons. The van der Waals surface area contributed by atoms with Crippen LogP contribution in [0.15, 0.2) is 0 Å². The van der Waals surface area contributed by atoms with Gasteiger partial charge in [0.15, 0.2) is 0 Å². The van der Waals surface area contributed by atoms with Crippen LogP contribution in [-0.4, -0.2) is 5.78 Å². The maximum Gasteiger partial charge on any atom is 0.138 e. The van der Waals surface area contributed by atoms with E-state index in [0.717, 1.165) is 43.9 Å². The zero-order chi connectivity index (χ0) is 11.5. The summed E-state index contributed by atoms with van der Waals surface area (Å²) in [7, 11) is 0. The maximum atomic E-state index is 12.1. The van der Waals surface area contributed by atoms with E-state index in [4.69, 9.17) is 0 Å². The molecule has 1 saturated carbocycles. The van der Waals surface area contributed by atoms with Crippen LogP contribution in [0.2, 0.25) is 0 Å². The highest BCUT2D eigenvalue weighted by Crippen LogP contribution is 2.45. The van der Waals surface area contributed by atoms with E-state index >= 15 is 0 Å². The number of ketones is 1. The van der Waals surface area contributed by atoms with Gasteiger partial charge in [0, 0.05) is 11.8 Å². The Bertz CT molecular complexity index is 219. The summed E-state index contributed by atoms with van der Waals surface area (Å²) in [5.74, 6) is 2.04. The van der Waals surface area contributed by atoms with E-state index in [1.807, 2.05) is 0 Å². The number of carbonyl (C=O) groups excluding carboxylic acids is 1. The Morgan fingerprint density at radius 1 is 1.47 bits per heavy atom. The first-order chi connectivity index (χ1) is 6.99. The molecule has 1 rings (SSSR count). The zero-order valence-corrected chi connectivity index (χ0v) is 10.8. The van der Waals surface area contributed by atoms with E-state index in [0.29, 0.717) is 5.78 Å². The van der Waals surface area contributed by atoms with Gasteiger partial charge in [0.05, 0.1) is 0 Å². The van der Waals surface area contributed by atoms with Gasteiger partial charge in [-0.1, -0.05) is 34.1 Å². The lowest BCUT2D eigenvalue weighted by Gasteiger charge is -2.23. The Hall–Kier alpha value is -0.330. The van der Waals surface area contributed by atoms with Gasteiger partial charge in [-0.15, -0.1) is 0 Å². The number of hydrogen-bond donors (Lipinski definition) is 0. The van der Waals surface area contributed by atoms with Gasteiger partial charge in [-0.2, -0.15) is 0 Å². The quantitative estimate of drug-likeness (QED) is 0.664. The molecule has 0 saturated heterocycles. The molecule has 1 heteroatoms. The van der Waals surface area contributed by atoms with E-state index in [1.165, 1.54) is 6.42 Å². The van der Waals surface area contributed by atoms with E-state index in [2.05, 4.69) is 27.7 Å². The standard InChI is InChI=1S/C14H26O/c1-5-6-7-13(15)14(4)9-8-12(10-14)11(2)3/h11-12H,5-10H2,1-4H3/t12-,14+/m0/s1. The predicted molar refractivity (Wildman–Crippen MR) is 64.8 cm³/mol. The summed E-state index contributed by atoms with van der Waals surface area (Å²) in [4.78, 5) is 12.1. The summed E-state index contributed by atoms with van der Waals surface area (Å²) in [6.45, 7) is 8.91. The molecule has 0 amide bonds. The first-order valence-corrected chi connectivity index (χ1v) is 6.53. The lowest BCUT2D eigenvalue weighted by atomic mass is 9.80. The van der Waals surface area contributed by atoms with Gasteiger partial charge in [0.25, 0.3) is 0 Å². The molecule has 2 atom stereocenters. The van der Waals surface area contributed by atoms with E-state index in [9.17, 15) is 4.79 Å². The Morgan fingerprint density at radius 2 is 2.13 bits per heavy atom. The lowest BCUT2D eigenvalue weighted by molar-refractivity contribution is -0.128. The van der Waals surface area contributed by atoms with Crippen LogP contribution in [0.25, 0.3) is 0 Å². The van der Waals surface area contributed by atoms with Crippen molar-refractivity contribution in [2.45, 2.75) is 66.2 Å². The van der Waals surface area contributed by atoms with Crippen molar-refractivity contribution in [3.8, 4) is 0 Å². The molecule has 15 heavy (non-hydrogen) atoms. The van der Waals surface area contributed by atoms with Crippen molar-refractivity contribution in [3.05, 3.63) is 0 Å². The summed E-state index contributed by atoms with van der Waals surface area (Å²) >= 11 is 0. The van der Waals surface area contributed by atoms with Gasteiger partial charge in [0.1, 0.15) is 5.78 Å². The fourth-order valence-electron chi connectivity index (χ4n) is 2.75. The summed E-state index contributed by atoms with van der Waals surface area (Å²) in [6.07, 6.45) is 6.52. The molecule has 0 aromatic heterocycles. The van der Waals surface area contributed by atoms with Crippen LogP contribution in [0.3, 0.4) is 0 Å². The monoisotopic (exact) mass is 210 g/mol. The van der Waals surface area contributed by atoms with Crippen molar-refractivity contribution in [2.75, 3.05) is 0 Å². The number of carbonyl (C=O) groups is 1. The number of unbranched alkanes of at least 4 members (excludes halogenated alkanes) is 1. The van der Waals surface area contributed by atoms with Crippen molar-refractivity contribution in [2.24, 2.45) is 17.3 Å². The summed E-state index contributed by atoms with van der Waals surface area (Å²) in [6, 6.07) is 0. The van der Waals surface area contributed by atoms with Crippen LogP contribution in [0, 0.1) is 17.3 Å². The first kappa shape index (κ1) is 12.7. The minimum Gasteiger partial charge on any atom is -0.299 e. The average Bonchev–Trinajstić information content (AvgIpc) is 2.59. The third-order valence-corrected chi connectivity index (χ3v) is 4.15. The minimum absolute atomic E-state index is 0.0180. The van der Waals surface area contributed by atoms with Crippen molar-refractivity contribution in [3.63, 3.8) is 0 Å². The molecule has 0 bridgehead atoms. The Labute approximate surface area is 94.6 Å². The topological polar surface area (TPSA) is 17.1 Å². The molecule has 0 spiro atoms. The van der Waals surface area contributed by atoms with Gasteiger partial charge in [0.2, 0.25) is 0 Å². The summed E-state index contributed by atoms with van der Waals surface area (Å²) in [5, 5.41) is 0. The molecule has 0 aromatic carbocycles. The molecule has 0 radical (unpaired) electrons. The number of rotatable bonds is 5. The largest absolute Gasteiger partial charge is 0.299 e. The molecule has 1 aliphatic rings. The minimum atomic E-state index is 0.0180. The fraction of sp³-hybridized carbons (Fsp3) is 0.929. The maximum absolute atomic E-state index is 12.1. The molecule has 0 unspecified atom stereocenters. The van der Waals surface area contributed by atoms with E-state index < -0.39 is 0 Å². The second-order valence-corrected chi connectivity index (χ2v) is 5.83. The van der Waals surface area contributed by atoms with Crippen molar-refractivity contribution >= 4 is 5.78 Å². The Morgan fingerprint density at radius 3 is 2.60 bits per heavy atom. The molecular formula is C14H26O. The molecule has 0 heterocycles. The second kappa shape index (κ2) is 5.14. The molecule has 0 N–H and O–H groups in total. The van der Waals surface area contributed by atoms with Crippen LogP contribution >= 0.6 is 0 Å². The third-order valence-electron chi connectivity index (χ3n) is 4.15. The highest BCUT2D eigenvalue weighted by molar-refractivity contribution is 5.84. The molecule has 0 aromatic rings. The molecular weight excluding hydrogens is 184 g/mol. The van der Waals surface area contributed by atoms with E-state index in [1.54, 1.807) is 0 Å². The zero-order valence-electron chi connectivity index (χ0n) is 10.8. The van der Waals surface area contributed by atoms with Crippen LogP contribution in [0.4, 0.5) is 0 Å². The van der Waals surface area contributed by atoms with Gasteiger partial charge in [-0.3, -0.25) is 4.79 Å². The molecule has 1 aliphatic carbocycles. The van der Waals surface area contributed by atoms with Crippen LogP contribution < -0.4 is 0 Å². The van der Waals surface area contributed by atoms with Gasteiger partial charge in [-0.25, -0.2) is 0 Å². The van der Waals surface area contributed by atoms with Crippen LogP contribution in [0.5, 0.6) is 0 Å². The molecule has 0 aliphatic heterocycles. The van der Waals surface area contributed by atoms with Crippen LogP contribution in [0.1, 0.15) is 66.2 Å². The number of hydrogen-bond acceptors (Lipinski definition) is 1. The fourth-order valence-corrected chi connectivity index (χ4v) is 2.75. The average molecular weight is 210 g/mol. The Kier molecular flexibility index (Phi) is 4.36.